The van der Waals surface area contributed by atoms with Crippen molar-refractivity contribution in [3.8, 4) is 0 Å². The van der Waals surface area contributed by atoms with E-state index in [1.165, 1.54) is 0 Å². The molecule has 1 N–H and O–H groups in total. The predicted molar refractivity (Wildman–Crippen MR) is 106 cm³/mol. The Morgan fingerprint density at radius 3 is 2.41 bits per heavy atom. The van der Waals surface area contributed by atoms with Crippen LogP contribution in [0, 0.1) is 0 Å². The Labute approximate surface area is 165 Å². The third-order valence-corrected chi connectivity index (χ3v) is 5.20. The van der Waals surface area contributed by atoms with Crippen LogP contribution in [0.4, 0.5) is 0 Å². The number of esters is 1. The Kier molecular flexibility index (Phi) is 6.50. The van der Waals surface area contributed by atoms with Crippen molar-refractivity contribution in [1.29, 1.82) is 0 Å². The van der Waals surface area contributed by atoms with Gasteiger partial charge in [0.25, 0.3) is 0 Å². The second-order valence-electron chi connectivity index (χ2n) is 6.87. The molecule has 0 radical (unpaired) electrons. The lowest BCUT2D eigenvalue weighted by molar-refractivity contribution is -0.162. The highest BCUT2D eigenvalue weighted by Crippen LogP contribution is 2.32. The molecule has 0 aliphatic carbocycles. The van der Waals surface area contributed by atoms with Crippen molar-refractivity contribution in [2.45, 2.75) is 5.60 Å². The molecule has 5 nitrogen and oxygen atoms in total. The van der Waals surface area contributed by atoms with Gasteiger partial charge in [-0.05, 0) is 24.7 Å². The van der Waals surface area contributed by atoms with Gasteiger partial charge < -0.3 is 14.7 Å². The van der Waals surface area contributed by atoms with Crippen LogP contribution in [0.25, 0.3) is 0 Å². The van der Waals surface area contributed by atoms with Gasteiger partial charge >= 0.3 is 5.97 Å². The average molecular weight is 389 g/mol. The van der Waals surface area contributed by atoms with E-state index in [0.29, 0.717) is 22.7 Å². The summed E-state index contributed by atoms with van der Waals surface area (Å²) in [4.78, 5) is 17.5. The van der Waals surface area contributed by atoms with Crippen molar-refractivity contribution in [2.75, 3.05) is 46.4 Å². The largest absolute Gasteiger partial charge is 0.462 e. The maximum absolute atomic E-state index is 12.9. The lowest BCUT2D eigenvalue weighted by atomic mass is 9.86. The van der Waals surface area contributed by atoms with Crippen LogP contribution in [-0.2, 0) is 15.1 Å². The van der Waals surface area contributed by atoms with Gasteiger partial charge in [0.05, 0.1) is 0 Å². The summed E-state index contributed by atoms with van der Waals surface area (Å²) >= 11 is 6.09. The van der Waals surface area contributed by atoms with E-state index in [1.54, 1.807) is 48.5 Å². The quantitative estimate of drug-likeness (QED) is 0.770. The van der Waals surface area contributed by atoms with Crippen molar-refractivity contribution >= 4 is 17.6 Å². The Hall–Kier alpha value is -1.92. The highest BCUT2D eigenvalue weighted by molar-refractivity contribution is 6.30. The molecule has 0 saturated carbocycles. The first kappa shape index (κ1) is 19.8. The molecular weight excluding hydrogens is 364 g/mol. The normalized spacial score (nSPS) is 18.0. The van der Waals surface area contributed by atoms with Crippen molar-refractivity contribution in [3.05, 3.63) is 70.7 Å². The summed E-state index contributed by atoms with van der Waals surface area (Å²) in [7, 11) is 2.10. The number of carbonyl (C=O) groups is 1. The van der Waals surface area contributed by atoms with Crippen LogP contribution in [-0.4, -0.2) is 67.3 Å². The highest BCUT2D eigenvalue weighted by Gasteiger charge is 2.41. The van der Waals surface area contributed by atoms with Gasteiger partial charge in [-0.2, -0.15) is 0 Å². The lowest BCUT2D eigenvalue weighted by Crippen LogP contribution is -2.46. The Balaban J connectivity index is 1.74. The molecule has 1 unspecified atom stereocenters. The van der Waals surface area contributed by atoms with Crippen LogP contribution in [0.1, 0.15) is 11.1 Å². The van der Waals surface area contributed by atoms with Gasteiger partial charge in [-0.3, -0.25) is 4.90 Å². The van der Waals surface area contributed by atoms with E-state index in [2.05, 4.69) is 16.8 Å². The number of halogens is 1. The van der Waals surface area contributed by atoms with Crippen molar-refractivity contribution < 1.29 is 14.6 Å². The number of aliphatic hydroxyl groups is 1. The fourth-order valence-corrected chi connectivity index (χ4v) is 3.43. The molecule has 2 aromatic carbocycles. The number of carbonyl (C=O) groups excluding carboxylic acids is 1. The number of hydrogen-bond donors (Lipinski definition) is 1. The van der Waals surface area contributed by atoms with E-state index in [1.807, 2.05) is 6.07 Å². The monoisotopic (exact) mass is 388 g/mol. The average Bonchev–Trinajstić information content (AvgIpc) is 2.69. The SMILES string of the molecule is CN1CCN(CCOC(=O)C(O)(c2ccccc2)c2cccc(Cl)c2)CC1. The van der Waals surface area contributed by atoms with Crippen LogP contribution >= 0.6 is 11.6 Å². The van der Waals surface area contributed by atoms with Crippen LogP contribution < -0.4 is 0 Å². The van der Waals surface area contributed by atoms with Gasteiger partial charge in [-0.15, -0.1) is 0 Å². The molecule has 0 bridgehead atoms. The molecular formula is C21H25ClN2O3. The highest BCUT2D eigenvalue weighted by atomic mass is 35.5. The van der Waals surface area contributed by atoms with Gasteiger partial charge in [0, 0.05) is 43.3 Å². The summed E-state index contributed by atoms with van der Waals surface area (Å²) in [6.07, 6.45) is 0. The van der Waals surface area contributed by atoms with Crippen molar-refractivity contribution in [3.63, 3.8) is 0 Å². The van der Waals surface area contributed by atoms with Crippen LogP contribution in [0.5, 0.6) is 0 Å². The molecule has 3 rings (SSSR count). The van der Waals surface area contributed by atoms with Crippen LogP contribution in [0.15, 0.2) is 54.6 Å². The zero-order valence-electron chi connectivity index (χ0n) is 15.5. The minimum Gasteiger partial charge on any atom is -0.462 e. The van der Waals surface area contributed by atoms with Crippen LogP contribution in [0.3, 0.4) is 0 Å². The fraction of sp³-hybridized carbons (Fsp3) is 0.381. The molecule has 1 saturated heterocycles. The standard InChI is InChI=1S/C21H25ClN2O3/c1-23-10-12-24(13-11-23)14-15-27-20(25)21(26,17-6-3-2-4-7-17)18-8-5-9-19(22)16-18/h2-9,16,26H,10-15H2,1H3. The molecule has 0 amide bonds. The first-order valence-electron chi connectivity index (χ1n) is 9.12. The fourth-order valence-electron chi connectivity index (χ4n) is 3.24. The summed E-state index contributed by atoms with van der Waals surface area (Å²) < 4.78 is 5.50. The smallest absolute Gasteiger partial charge is 0.347 e. The number of likely N-dealkylation sites (N-methyl/N-ethyl adjacent to an activating group) is 1. The summed E-state index contributed by atoms with van der Waals surface area (Å²) in [5.41, 5.74) is -1.04. The molecule has 27 heavy (non-hydrogen) atoms. The minimum absolute atomic E-state index is 0.234. The molecule has 2 aromatic rings. The molecule has 144 valence electrons. The zero-order valence-corrected chi connectivity index (χ0v) is 16.2. The molecule has 1 heterocycles. The number of nitrogens with zero attached hydrogens (tertiary/aromatic N) is 2. The first-order chi connectivity index (χ1) is 13.0. The molecule has 1 atom stereocenters. The van der Waals surface area contributed by atoms with E-state index in [4.69, 9.17) is 16.3 Å². The summed E-state index contributed by atoms with van der Waals surface area (Å²) in [5.74, 6) is -0.690. The molecule has 1 fully saturated rings. The van der Waals surface area contributed by atoms with Crippen molar-refractivity contribution in [2.24, 2.45) is 0 Å². The molecule has 6 heteroatoms. The topological polar surface area (TPSA) is 53.0 Å². The lowest BCUT2D eigenvalue weighted by Gasteiger charge is -2.32. The van der Waals surface area contributed by atoms with Gasteiger partial charge in [0.1, 0.15) is 6.61 Å². The summed E-state index contributed by atoms with van der Waals surface area (Å²) in [6, 6.07) is 15.5. The van der Waals surface area contributed by atoms with Gasteiger partial charge in [0.15, 0.2) is 0 Å². The molecule has 1 aliphatic rings. The number of hydrogen-bond acceptors (Lipinski definition) is 5. The zero-order chi connectivity index (χ0) is 19.3. The summed E-state index contributed by atoms with van der Waals surface area (Å²) in [6.45, 7) is 4.80. The second-order valence-corrected chi connectivity index (χ2v) is 7.30. The van der Waals surface area contributed by atoms with E-state index in [-0.39, 0.29) is 6.61 Å². The van der Waals surface area contributed by atoms with Gasteiger partial charge in [0.2, 0.25) is 5.60 Å². The third-order valence-electron chi connectivity index (χ3n) is 4.97. The Bertz CT molecular complexity index is 763. The predicted octanol–water partition coefficient (Wildman–Crippen LogP) is 2.37. The maximum Gasteiger partial charge on any atom is 0.347 e. The Morgan fingerprint density at radius 1 is 1.07 bits per heavy atom. The minimum atomic E-state index is -1.89. The Morgan fingerprint density at radius 2 is 1.74 bits per heavy atom. The number of rotatable bonds is 6. The second kappa shape index (κ2) is 8.85. The first-order valence-corrected chi connectivity index (χ1v) is 9.50. The molecule has 1 aliphatic heterocycles. The van der Waals surface area contributed by atoms with Crippen molar-refractivity contribution in [1.82, 2.24) is 9.80 Å². The summed E-state index contributed by atoms with van der Waals surface area (Å²) in [5, 5.41) is 11.8. The number of ether oxygens (including phenoxy) is 1. The molecule has 0 aromatic heterocycles. The van der Waals surface area contributed by atoms with Gasteiger partial charge in [-0.25, -0.2) is 4.79 Å². The van der Waals surface area contributed by atoms with Crippen LogP contribution in [0.2, 0.25) is 5.02 Å². The molecule has 0 spiro atoms. The number of benzene rings is 2. The van der Waals surface area contributed by atoms with E-state index in [0.717, 1.165) is 26.2 Å². The number of piperazine rings is 1. The van der Waals surface area contributed by atoms with Gasteiger partial charge in [-0.1, -0.05) is 54.1 Å². The maximum atomic E-state index is 12.9. The van der Waals surface area contributed by atoms with E-state index < -0.39 is 11.6 Å². The van der Waals surface area contributed by atoms with E-state index in [9.17, 15) is 9.90 Å². The third kappa shape index (κ3) is 4.68. The van der Waals surface area contributed by atoms with E-state index >= 15 is 0 Å².